The largest absolute Gasteiger partial charge is 0.462 e. The van der Waals surface area contributed by atoms with Crippen LogP contribution in [0.15, 0.2) is 122 Å². The highest BCUT2D eigenvalue weighted by atomic mass is 16.6. The second kappa shape index (κ2) is 55.4. The van der Waals surface area contributed by atoms with Crippen molar-refractivity contribution >= 4 is 17.9 Å². The van der Waals surface area contributed by atoms with Gasteiger partial charge in [-0.25, -0.2) is 0 Å². The number of ether oxygens (including phenoxy) is 3. The van der Waals surface area contributed by atoms with Crippen LogP contribution in [0.5, 0.6) is 0 Å². The van der Waals surface area contributed by atoms with Crippen molar-refractivity contribution in [2.75, 3.05) is 13.2 Å². The van der Waals surface area contributed by atoms with Crippen LogP contribution in [0.1, 0.15) is 233 Å². The van der Waals surface area contributed by atoms with Gasteiger partial charge in [0.05, 0.1) is 0 Å². The molecule has 0 radical (unpaired) electrons. The highest BCUT2D eigenvalue weighted by Crippen LogP contribution is 2.13. The molecule has 1 unspecified atom stereocenters. The first-order valence-corrected chi connectivity index (χ1v) is 27.5. The van der Waals surface area contributed by atoms with Gasteiger partial charge in [0.15, 0.2) is 6.10 Å². The minimum Gasteiger partial charge on any atom is -0.462 e. The maximum atomic E-state index is 12.7. The number of allylic oxidation sites excluding steroid dienone is 20. The Bertz CT molecular complexity index is 1450. The lowest BCUT2D eigenvalue weighted by molar-refractivity contribution is -0.167. The van der Waals surface area contributed by atoms with Gasteiger partial charge in [0, 0.05) is 19.3 Å². The van der Waals surface area contributed by atoms with Crippen molar-refractivity contribution in [3.63, 3.8) is 0 Å². The van der Waals surface area contributed by atoms with Gasteiger partial charge in [-0.1, -0.05) is 226 Å². The number of carbonyl (C=O) groups excluding carboxylic acids is 3. The molecule has 0 aliphatic carbocycles. The van der Waals surface area contributed by atoms with Gasteiger partial charge in [-0.3, -0.25) is 14.4 Å². The topological polar surface area (TPSA) is 78.9 Å². The van der Waals surface area contributed by atoms with Gasteiger partial charge >= 0.3 is 17.9 Å². The third kappa shape index (κ3) is 52.8. The molecule has 0 rings (SSSR count). The van der Waals surface area contributed by atoms with Gasteiger partial charge in [0.1, 0.15) is 13.2 Å². The summed E-state index contributed by atoms with van der Waals surface area (Å²) >= 11 is 0. The highest BCUT2D eigenvalue weighted by Gasteiger charge is 2.19. The molecule has 68 heavy (non-hydrogen) atoms. The summed E-state index contributed by atoms with van der Waals surface area (Å²) in [6.45, 7) is 6.36. The van der Waals surface area contributed by atoms with E-state index in [-0.39, 0.29) is 31.1 Å². The molecule has 0 saturated heterocycles. The van der Waals surface area contributed by atoms with E-state index in [4.69, 9.17) is 14.2 Å². The molecule has 6 nitrogen and oxygen atoms in total. The maximum Gasteiger partial charge on any atom is 0.306 e. The Morgan fingerprint density at radius 3 is 0.941 bits per heavy atom. The summed E-state index contributed by atoms with van der Waals surface area (Å²) in [7, 11) is 0. The summed E-state index contributed by atoms with van der Waals surface area (Å²) < 4.78 is 16.6. The molecule has 384 valence electrons. The lowest BCUT2D eigenvalue weighted by Crippen LogP contribution is -2.30. The maximum absolute atomic E-state index is 12.7. The van der Waals surface area contributed by atoms with Crippen molar-refractivity contribution in [1.82, 2.24) is 0 Å². The van der Waals surface area contributed by atoms with E-state index in [1.165, 1.54) is 32.1 Å². The third-order valence-corrected chi connectivity index (χ3v) is 11.2. The van der Waals surface area contributed by atoms with Gasteiger partial charge < -0.3 is 14.2 Å². The number of rotatable bonds is 48. The van der Waals surface area contributed by atoms with Crippen molar-refractivity contribution in [1.29, 1.82) is 0 Å². The molecule has 0 aliphatic heterocycles. The fourth-order valence-electron chi connectivity index (χ4n) is 7.06. The van der Waals surface area contributed by atoms with Crippen molar-refractivity contribution in [3.8, 4) is 0 Å². The van der Waals surface area contributed by atoms with E-state index >= 15 is 0 Å². The normalized spacial score (nSPS) is 13.0. The van der Waals surface area contributed by atoms with Crippen LogP contribution in [0.3, 0.4) is 0 Å². The van der Waals surface area contributed by atoms with E-state index in [9.17, 15) is 14.4 Å². The van der Waals surface area contributed by atoms with Crippen molar-refractivity contribution in [2.45, 2.75) is 239 Å². The van der Waals surface area contributed by atoms with Crippen LogP contribution >= 0.6 is 0 Å². The first-order valence-electron chi connectivity index (χ1n) is 27.5. The highest BCUT2D eigenvalue weighted by molar-refractivity contribution is 5.71. The zero-order valence-corrected chi connectivity index (χ0v) is 43.8. The number of carbonyl (C=O) groups is 3. The van der Waals surface area contributed by atoms with Crippen LogP contribution in [0.2, 0.25) is 0 Å². The van der Waals surface area contributed by atoms with Crippen molar-refractivity contribution in [2.24, 2.45) is 0 Å². The van der Waals surface area contributed by atoms with Crippen molar-refractivity contribution < 1.29 is 28.6 Å². The van der Waals surface area contributed by atoms with Crippen LogP contribution in [-0.2, 0) is 28.6 Å². The molecular weight excluding hydrogens is 841 g/mol. The van der Waals surface area contributed by atoms with Crippen molar-refractivity contribution in [3.05, 3.63) is 122 Å². The van der Waals surface area contributed by atoms with Gasteiger partial charge in [-0.15, -0.1) is 0 Å². The van der Waals surface area contributed by atoms with Crippen LogP contribution in [0, 0.1) is 0 Å². The van der Waals surface area contributed by atoms with E-state index in [1.807, 2.05) is 0 Å². The summed E-state index contributed by atoms with van der Waals surface area (Å²) in [6.07, 6.45) is 76.6. The lowest BCUT2D eigenvalue weighted by atomic mass is 10.1. The lowest BCUT2D eigenvalue weighted by Gasteiger charge is -2.18. The number of esters is 3. The van der Waals surface area contributed by atoms with Gasteiger partial charge in [0.2, 0.25) is 0 Å². The molecule has 0 N–H and O–H groups in total. The van der Waals surface area contributed by atoms with Crippen LogP contribution in [-0.4, -0.2) is 37.2 Å². The molecule has 0 aliphatic rings. The van der Waals surface area contributed by atoms with E-state index < -0.39 is 6.10 Å². The Morgan fingerprint density at radius 2 is 0.588 bits per heavy atom. The van der Waals surface area contributed by atoms with Gasteiger partial charge in [-0.2, -0.15) is 0 Å². The molecule has 6 heteroatoms. The summed E-state index contributed by atoms with van der Waals surface area (Å²) in [5.74, 6) is -0.941. The predicted molar refractivity (Wildman–Crippen MR) is 293 cm³/mol. The number of unbranched alkanes of at least 4 members (excludes halogenated alkanes) is 17. The minimum absolute atomic E-state index is 0.0914. The molecule has 0 fully saturated rings. The van der Waals surface area contributed by atoms with Gasteiger partial charge in [-0.05, 0) is 109 Å². The summed E-state index contributed by atoms with van der Waals surface area (Å²) in [4.78, 5) is 37.7. The first-order chi connectivity index (χ1) is 33.5. The van der Waals surface area contributed by atoms with E-state index in [2.05, 4.69) is 142 Å². The third-order valence-electron chi connectivity index (χ3n) is 11.2. The standard InChI is InChI=1S/C62H100O6/c1-4-7-10-13-15-17-19-21-23-24-25-26-27-28-29-30-31-32-33-34-35-36-37-38-39-41-42-44-46-49-52-55-61(64)67-58-59(57-66-60(63)54-51-48-12-9-6-3)68-62(65)56-53-50-47-45-43-40-22-20-18-16-14-11-8-5-2/h7,10,14-17,20-23,25-26,28-29,31-32,34-35,37-38,59H,4-6,8-9,11-13,18-19,24,27,30,33,36,39-58H2,1-3H3/b10-7-,16-14-,17-15-,22-20-,23-21-,26-25-,29-28-,32-31-,35-34-,38-37-. The summed E-state index contributed by atoms with van der Waals surface area (Å²) in [5, 5.41) is 0. The zero-order chi connectivity index (χ0) is 49.3. The molecule has 0 aromatic carbocycles. The van der Waals surface area contributed by atoms with Crippen LogP contribution < -0.4 is 0 Å². The quantitative estimate of drug-likeness (QED) is 0.0262. The van der Waals surface area contributed by atoms with E-state index in [0.29, 0.717) is 19.3 Å². The smallest absolute Gasteiger partial charge is 0.306 e. The monoisotopic (exact) mass is 941 g/mol. The fraction of sp³-hybridized carbons (Fsp3) is 0.629. The Labute approximate surface area is 418 Å². The molecular formula is C62H100O6. The molecule has 0 spiro atoms. The molecule has 0 heterocycles. The number of hydrogen-bond acceptors (Lipinski definition) is 6. The molecule has 0 saturated carbocycles. The molecule has 1 atom stereocenters. The molecule has 0 bridgehead atoms. The average Bonchev–Trinajstić information content (AvgIpc) is 3.34. The fourth-order valence-corrected chi connectivity index (χ4v) is 7.06. The van der Waals surface area contributed by atoms with Crippen LogP contribution in [0.25, 0.3) is 0 Å². The predicted octanol–water partition coefficient (Wildman–Crippen LogP) is 18.5. The number of hydrogen-bond donors (Lipinski definition) is 0. The Morgan fingerprint density at radius 1 is 0.309 bits per heavy atom. The van der Waals surface area contributed by atoms with E-state index in [0.717, 1.165) is 161 Å². The SMILES string of the molecule is CC/C=C\C/C=C\C/C=C\C/C=C\C/C=C\C/C=C\C/C=C\C/C=C\CCCCCCCCC(=O)OCC(COC(=O)CCCCCCC)OC(=O)CCCCCCC/C=C\C/C=C\CCCC. The van der Waals surface area contributed by atoms with Crippen LogP contribution in [0.4, 0.5) is 0 Å². The molecule has 0 aromatic rings. The molecule has 0 aromatic heterocycles. The Hall–Kier alpha value is -4.19. The summed E-state index contributed by atoms with van der Waals surface area (Å²) in [5.41, 5.74) is 0. The Balaban J connectivity index is 4.14. The average molecular weight is 941 g/mol. The summed E-state index contributed by atoms with van der Waals surface area (Å²) in [6, 6.07) is 0. The molecule has 0 amide bonds. The van der Waals surface area contributed by atoms with Gasteiger partial charge in [0.25, 0.3) is 0 Å². The zero-order valence-electron chi connectivity index (χ0n) is 43.8. The first kappa shape index (κ1) is 63.8. The second-order valence-corrected chi connectivity index (χ2v) is 17.8. The minimum atomic E-state index is -0.790. The second-order valence-electron chi connectivity index (χ2n) is 17.8. The Kier molecular flexibility index (Phi) is 52.0. The van der Waals surface area contributed by atoms with E-state index in [1.54, 1.807) is 0 Å².